The zero-order valence-electron chi connectivity index (χ0n) is 13.1. The molecule has 126 valence electrons. The van der Waals surface area contributed by atoms with Gasteiger partial charge in [0.2, 0.25) is 5.88 Å². The van der Waals surface area contributed by atoms with E-state index >= 15 is 0 Å². The van der Waals surface area contributed by atoms with Gasteiger partial charge in [0.05, 0.1) is 6.54 Å². The fourth-order valence-electron chi connectivity index (χ4n) is 2.41. The van der Waals surface area contributed by atoms with Crippen LogP contribution >= 0.6 is 11.6 Å². The number of carbonyl (C=O) groups excluding carboxylic acids is 1. The molecule has 0 radical (unpaired) electrons. The van der Waals surface area contributed by atoms with Crippen LogP contribution in [-0.2, 0) is 4.74 Å². The summed E-state index contributed by atoms with van der Waals surface area (Å²) in [5.74, 6) is 0.277. The van der Waals surface area contributed by atoms with Crippen LogP contribution in [0, 0.1) is 6.92 Å². The van der Waals surface area contributed by atoms with Gasteiger partial charge in [-0.2, -0.15) is 0 Å². The third-order valence-electron chi connectivity index (χ3n) is 4.27. The lowest BCUT2D eigenvalue weighted by atomic mass is 10.1. The second kappa shape index (κ2) is 6.11. The average molecular weight is 344 g/mol. The number of aromatic nitrogens is 2. The van der Waals surface area contributed by atoms with Crippen molar-refractivity contribution in [3.05, 3.63) is 17.0 Å². The third kappa shape index (κ3) is 3.65. The van der Waals surface area contributed by atoms with Gasteiger partial charge in [-0.3, -0.25) is 0 Å². The number of ether oxygens (including phenoxy) is 2. The van der Waals surface area contributed by atoms with Crippen LogP contribution in [0.15, 0.2) is 6.33 Å². The van der Waals surface area contributed by atoms with E-state index in [2.05, 4.69) is 9.97 Å². The summed E-state index contributed by atoms with van der Waals surface area (Å²) < 4.78 is 25.4. The smallest absolute Gasteiger partial charge is 0.410 e. The number of hydrogen-bond acceptors (Lipinski definition) is 5. The number of alkyl halides is 1. The highest BCUT2D eigenvalue weighted by atomic mass is 35.5. The van der Waals surface area contributed by atoms with Crippen molar-refractivity contribution in [2.75, 3.05) is 13.1 Å². The first-order chi connectivity index (χ1) is 10.9. The summed E-state index contributed by atoms with van der Waals surface area (Å²) in [5.41, 5.74) is 0.218. The van der Waals surface area contributed by atoms with Gasteiger partial charge in [0.15, 0.2) is 6.17 Å². The molecule has 23 heavy (non-hydrogen) atoms. The molecule has 2 fully saturated rings. The van der Waals surface area contributed by atoms with Crippen LogP contribution in [0.5, 0.6) is 5.88 Å². The van der Waals surface area contributed by atoms with Gasteiger partial charge in [0, 0.05) is 18.5 Å². The second-order valence-corrected chi connectivity index (χ2v) is 6.68. The Morgan fingerprint density at radius 1 is 1.48 bits per heavy atom. The lowest BCUT2D eigenvalue weighted by Gasteiger charge is -2.34. The second-order valence-electron chi connectivity index (χ2n) is 6.32. The Balaban J connectivity index is 1.58. The summed E-state index contributed by atoms with van der Waals surface area (Å²) in [6.07, 6.45) is 0.953. The van der Waals surface area contributed by atoms with Crippen LogP contribution in [0.4, 0.5) is 9.18 Å². The molecule has 3 rings (SSSR count). The van der Waals surface area contributed by atoms with E-state index < -0.39 is 18.4 Å². The minimum absolute atomic E-state index is 0.0442. The molecule has 0 N–H and O–H groups in total. The lowest BCUT2D eigenvalue weighted by molar-refractivity contribution is 0.00201. The van der Waals surface area contributed by atoms with Crippen LogP contribution < -0.4 is 4.74 Å². The number of nitrogens with zero attached hydrogens (tertiary/aromatic N) is 3. The maximum absolute atomic E-state index is 14.4. The van der Waals surface area contributed by atoms with E-state index in [1.807, 2.05) is 6.92 Å². The van der Waals surface area contributed by atoms with Gasteiger partial charge in [-0.05, 0) is 26.7 Å². The van der Waals surface area contributed by atoms with Gasteiger partial charge < -0.3 is 14.4 Å². The van der Waals surface area contributed by atoms with Crippen LogP contribution in [0.3, 0.4) is 0 Å². The number of piperidine rings is 1. The summed E-state index contributed by atoms with van der Waals surface area (Å²) in [5, 5.41) is 0.282. The van der Waals surface area contributed by atoms with Gasteiger partial charge in [-0.15, -0.1) is 0 Å². The Bertz CT molecular complexity index is 612. The first kappa shape index (κ1) is 16.2. The summed E-state index contributed by atoms with van der Waals surface area (Å²) in [4.78, 5) is 21.2. The summed E-state index contributed by atoms with van der Waals surface area (Å²) >= 11 is 5.91. The van der Waals surface area contributed by atoms with Crippen LogP contribution in [0.2, 0.25) is 5.15 Å². The van der Waals surface area contributed by atoms with Crippen LogP contribution in [-0.4, -0.2) is 51.9 Å². The molecule has 8 heteroatoms. The van der Waals surface area contributed by atoms with Gasteiger partial charge >= 0.3 is 6.09 Å². The maximum atomic E-state index is 14.4. The molecule has 0 unspecified atom stereocenters. The van der Waals surface area contributed by atoms with Crippen molar-refractivity contribution >= 4 is 17.7 Å². The highest BCUT2D eigenvalue weighted by Crippen LogP contribution is 2.39. The quantitative estimate of drug-likeness (QED) is 0.789. The largest absolute Gasteiger partial charge is 0.471 e. The Labute approximate surface area is 138 Å². The molecule has 6 nitrogen and oxygen atoms in total. The molecule has 2 atom stereocenters. The van der Waals surface area contributed by atoms with Crippen molar-refractivity contribution in [1.29, 1.82) is 0 Å². The molecule has 1 aromatic rings. The van der Waals surface area contributed by atoms with E-state index in [1.165, 1.54) is 11.2 Å². The predicted molar refractivity (Wildman–Crippen MR) is 81.4 cm³/mol. The first-order valence-corrected chi connectivity index (χ1v) is 8.01. The zero-order valence-corrected chi connectivity index (χ0v) is 13.8. The highest BCUT2D eigenvalue weighted by Gasteiger charge is 2.44. The van der Waals surface area contributed by atoms with Crippen molar-refractivity contribution in [2.24, 2.45) is 0 Å². The molecular weight excluding hydrogens is 325 g/mol. The summed E-state index contributed by atoms with van der Waals surface area (Å²) in [7, 11) is 0. The number of carbonyl (C=O) groups is 1. The molecule has 0 bridgehead atoms. The molecule has 1 aromatic heterocycles. The Hall–Kier alpha value is -1.63. The number of hydrogen-bond donors (Lipinski definition) is 0. The average Bonchev–Trinajstić information content (AvgIpc) is 3.22. The molecule has 2 heterocycles. The fraction of sp³-hybridized carbons (Fsp3) is 0.667. The lowest BCUT2D eigenvalue weighted by Crippen LogP contribution is -2.50. The molecule has 1 aliphatic carbocycles. The number of rotatable bonds is 3. The van der Waals surface area contributed by atoms with Crippen LogP contribution in [0.1, 0.15) is 31.7 Å². The Kier molecular flexibility index (Phi) is 4.31. The van der Waals surface area contributed by atoms with E-state index in [9.17, 15) is 9.18 Å². The molecule has 2 aliphatic rings. The zero-order chi connectivity index (χ0) is 16.6. The molecule has 0 aromatic carbocycles. The molecule has 1 saturated carbocycles. The molecular formula is C15H19ClFN3O3. The van der Waals surface area contributed by atoms with E-state index in [0.29, 0.717) is 18.5 Å². The van der Waals surface area contributed by atoms with Crippen molar-refractivity contribution < 1.29 is 18.7 Å². The Morgan fingerprint density at radius 2 is 2.22 bits per heavy atom. The molecule has 0 spiro atoms. The van der Waals surface area contributed by atoms with E-state index in [-0.39, 0.29) is 23.2 Å². The molecule has 1 amide bonds. The molecule has 1 aliphatic heterocycles. The van der Waals surface area contributed by atoms with Crippen LogP contribution in [0.25, 0.3) is 0 Å². The van der Waals surface area contributed by atoms with Crippen molar-refractivity contribution in [2.45, 2.75) is 51.0 Å². The standard InChI is InChI=1S/C15H19ClFN3O3/c1-9-12(16)18-8-19-13(9)22-11-3-6-20(7-10(11)17)14(21)23-15(2)4-5-15/h8,10-11H,3-7H2,1-2H3/t10-,11+/m1/s1. The number of likely N-dealkylation sites (tertiary alicyclic amines) is 1. The summed E-state index contributed by atoms with van der Waals surface area (Å²) in [6, 6.07) is 0. The predicted octanol–water partition coefficient (Wildman–Crippen LogP) is 2.92. The van der Waals surface area contributed by atoms with E-state index in [1.54, 1.807) is 6.92 Å². The number of halogens is 2. The van der Waals surface area contributed by atoms with Gasteiger partial charge in [0.1, 0.15) is 23.2 Å². The summed E-state index contributed by atoms with van der Waals surface area (Å²) in [6.45, 7) is 3.94. The minimum Gasteiger partial charge on any atom is -0.471 e. The minimum atomic E-state index is -1.31. The monoisotopic (exact) mass is 343 g/mol. The van der Waals surface area contributed by atoms with Crippen molar-refractivity contribution in [3.8, 4) is 5.88 Å². The van der Waals surface area contributed by atoms with Gasteiger partial charge in [-0.1, -0.05) is 11.6 Å². The van der Waals surface area contributed by atoms with Gasteiger partial charge in [0.25, 0.3) is 0 Å². The first-order valence-electron chi connectivity index (χ1n) is 7.64. The number of amides is 1. The van der Waals surface area contributed by atoms with E-state index in [4.69, 9.17) is 21.1 Å². The SMILES string of the molecule is Cc1c(Cl)ncnc1O[C@H]1CCN(C(=O)OC2(C)CC2)C[C@H]1F. The van der Waals surface area contributed by atoms with Gasteiger partial charge in [-0.25, -0.2) is 19.2 Å². The topological polar surface area (TPSA) is 64.6 Å². The molecule has 1 saturated heterocycles. The van der Waals surface area contributed by atoms with Crippen molar-refractivity contribution in [3.63, 3.8) is 0 Å². The highest BCUT2D eigenvalue weighted by molar-refractivity contribution is 6.30. The third-order valence-corrected chi connectivity index (χ3v) is 4.65. The Morgan fingerprint density at radius 3 is 2.87 bits per heavy atom. The van der Waals surface area contributed by atoms with E-state index in [0.717, 1.165) is 12.8 Å². The van der Waals surface area contributed by atoms with Crippen molar-refractivity contribution in [1.82, 2.24) is 14.9 Å². The maximum Gasteiger partial charge on any atom is 0.410 e. The fourth-order valence-corrected chi connectivity index (χ4v) is 2.54. The normalized spacial score (nSPS) is 25.8.